The average Bonchev–Trinajstić information content (AvgIpc) is 1.87. The van der Waals surface area contributed by atoms with E-state index in [4.69, 9.17) is 5.11 Å². The summed E-state index contributed by atoms with van der Waals surface area (Å²) in [6, 6.07) is 0. The second-order valence-electron chi connectivity index (χ2n) is 2.55. The smallest absolute Gasteiger partial charge is 0.100 e. The minimum atomic E-state index is -0.392. The lowest BCUT2D eigenvalue weighted by Crippen LogP contribution is -2.19. The third-order valence-electron chi connectivity index (χ3n) is 1.43. The molecule has 2 N–H and O–H groups in total. The second kappa shape index (κ2) is 6.17. The highest BCUT2D eigenvalue weighted by molar-refractivity contribution is 8.00. The van der Waals surface area contributed by atoms with Gasteiger partial charge in [-0.25, -0.2) is 0 Å². The van der Waals surface area contributed by atoms with E-state index < -0.39 is 5.44 Å². The summed E-state index contributed by atoms with van der Waals surface area (Å²) in [7, 11) is 0. The third kappa shape index (κ3) is 5.84. The Morgan fingerprint density at radius 3 is 2.27 bits per heavy atom. The van der Waals surface area contributed by atoms with Crippen LogP contribution in [0.3, 0.4) is 0 Å². The van der Waals surface area contributed by atoms with Crippen LogP contribution in [0, 0.1) is 0 Å². The van der Waals surface area contributed by atoms with E-state index in [0.29, 0.717) is 12.2 Å². The highest BCUT2D eigenvalue weighted by Gasteiger charge is 2.13. The van der Waals surface area contributed by atoms with Crippen LogP contribution < -0.4 is 0 Å². The summed E-state index contributed by atoms with van der Waals surface area (Å²) in [5.41, 5.74) is -0.392. The van der Waals surface area contributed by atoms with E-state index >= 15 is 0 Å². The molecule has 68 valence electrons. The van der Waals surface area contributed by atoms with Gasteiger partial charge in [-0.15, -0.1) is 11.8 Å². The van der Waals surface area contributed by atoms with Crippen molar-refractivity contribution in [3.05, 3.63) is 0 Å². The topological polar surface area (TPSA) is 40.5 Å². The molecule has 0 rings (SSSR count). The van der Waals surface area contributed by atoms with Gasteiger partial charge in [-0.3, -0.25) is 0 Å². The average molecular weight is 196 g/mol. The van der Waals surface area contributed by atoms with E-state index in [2.05, 4.69) is 12.6 Å². The first-order valence-electron chi connectivity index (χ1n) is 3.70. The van der Waals surface area contributed by atoms with E-state index in [1.807, 2.05) is 6.92 Å². The molecular weight excluding hydrogens is 180 g/mol. The molecule has 3 atom stereocenters. The summed E-state index contributed by atoms with van der Waals surface area (Å²) in [6.45, 7) is 3.63. The Balaban J connectivity index is 3.48. The van der Waals surface area contributed by atoms with E-state index in [0.717, 1.165) is 0 Å². The molecule has 0 aromatic rings. The van der Waals surface area contributed by atoms with Crippen LogP contribution in [0.5, 0.6) is 0 Å². The van der Waals surface area contributed by atoms with Crippen molar-refractivity contribution in [3.63, 3.8) is 0 Å². The Bertz CT molecular complexity index is 98.4. The molecule has 0 bridgehead atoms. The maximum atomic E-state index is 9.27. The number of thiol groups is 1. The lowest BCUT2D eigenvalue weighted by Gasteiger charge is -2.17. The molecule has 0 heterocycles. The van der Waals surface area contributed by atoms with Crippen LogP contribution >= 0.6 is 24.4 Å². The van der Waals surface area contributed by atoms with Crippen molar-refractivity contribution >= 4 is 24.4 Å². The normalized spacial score (nSPS) is 19.4. The second-order valence-corrected chi connectivity index (χ2v) is 4.56. The molecule has 0 amide bonds. The molecule has 3 unspecified atom stereocenters. The molecule has 0 aromatic heterocycles. The van der Waals surface area contributed by atoms with Gasteiger partial charge in [0.05, 0.1) is 6.10 Å². The third-order valence-corrected chi connectivity index (χ3v) is 3.06. The zero-order valence-electron chi connectivity index (χ0n) is 6.90. The van der Waals surface area contributed by atoms with E-state index in [1.54, 1.807) is 6.92 Å². The van der Waals surface area contributed by atoms with Crippen molar-refractivity contribution in [2.45, 2.75) is 37.1 Å². The van der Waals surface area contributed by atoms with Crippen LogP contribution in [-0.4, -0.2) is 32.8 Å². The van der Waals surface area contributed by atoms with Gasteiger partial charge in [0, 0.05) is 5.25 Å². The SMILES string of the molecule is CC(O)C(C)SC(O)CCS. The van der Waals surface area contributed by atoms with Crippen LogP contribution in [0.4, 0.5) is 0 Å². The first kappa shape index (κ1) is 11.6. The maximum absolute atomic E-state index is 9.27. The van der Waals surface area contributed by atoms with E-state index in [-0.39, 0.29) is 11.4 Å². The Morgan fingerprint density at radius 1 is 1.36 bits per heavy atom. The largest absolute Gasteiger partial charge is 0.392 e. The molecule has 0 saturated heterocycles. The molecule has 0 spiro atoms. The highest BCUT2D eigenvalue weighted by atomic mass is 32.2. The van der Waals surface area contributed by atoms with E-state index in [9.17, 15) is 5.11 Å². The first-order valence-corrected chi connectivity index (χ1v) is 5.28. The summed E-state index contributed by atoms with van der Waals surface area (Å²) in [5.74, 6) is 0.681. The molecule has 2 nitrogen and oxygen atoms in total. The van der Waals surface area contributed by atoms with Crippen molar-refractivity contribution in [2.75, 3.05) is 5.75 Å². The predicted octanol–water partition coefficient (Wildman–Crippen LogP) is 1.13. The first-order chi connectivity index (χ1) is 5.07. The Hall–Kier alpha value is 0.620. The van der Waals surface area contributed by atoms with Gasteiger partial charge in [0.2, 0.25) is 0 Å². The van der Waals surface area contributed by atoms with Gasteiger partial charge in [0.25, 0.3) is 0 Å². The van der Waals surface area contributed by atoms with Crippen LogP contribution in [0.1, 0.15) is 20.3 Å². The van der Waals surface area contributed by atoms with Gasteiger partial charge in [-0.1, -0.05) is 6.92 Å². The van der Waals surface area contributed by atoms with E-state index in [1.165, 1.54) is 11.8 Å². The Morgan fingerprint density at radius 2 is 1.91 bits per heavy atom. The lowest BCUT2D eigenvalue weighted by atomic mass is 10.3. The van der Waals surface area contributed by atoms with Crippen LogP contribution in [-0.2, 0) is 0 Å². The number of aliphatic hydroxyl groups excluding tert-OH is 2. The fourth-order valence-electron chi connectivity index (χ4n) is 0.540. The van der Waals surface area contributed by atoms with Crippen molar-refractivity contribution in [3.8, 4) is 0 Å². The van der Waals surface area contributed by atoms with Crippen molar-refractivity contribution in [1.29, 1.82) is 0 Å². The van der Waals surface area contributed by atoms with Gasteiger partial charge in [-0.05, 0) is 19.1 Å². The number of hydrogen-bond donors (Lipinski definition) is 3. The molecule has 11 heavy (non-hydrogen) atoms. The fraction of sp³-hybridized carbons (Fsp3) is 1.00. The van der Waals surface area contributed by atoms with Crippen molar-refractivity contribution < 1.29 is 10.2 Å². The summed E-state index contributed by atoms with van der Waals surface area (Å²) in [6.07, 6.45) is 0.305. The van der Waals surface area contributed by atoms with Crippen molar-refractivity contribution in [2.24, 2.45) is 0 Å². The standard InChI is InChI=1S/C7H16O2S2/c1-5(8)6(2)11-7(9)3-4-10/h5-10H,3-4H2,1-2H3. The summed E-state index contributed by atoms with van der Waals surface area (Å²) >= 11 is 5.39. The molecule has 0 fully saturated rings. The number of thioether (sulfide) groups is 1. The van der Waals surface area contributed by atoms with Gasteiger partial charge in [-0.2, -0.15) is 12.6 Å². The summed E-state index contributed by atoms with van der Waals surface area (Å²) in [5, 5.41) is 18.4. The Kier molecular flexibility index (Phi) is 6.52. The molecule has 0 saturated carbocycles. The zero-order valence-corrected chi connectivity index (χ0v) is 8.61. The number of aliphatic hydroxyl groups is 2. The molecule has 0 aliphatic carbocycles. The maximum Gasteiger partial charge on any atom is 0.100 e. The Labute approximate surface area is 77.8 Å². The zero-order chi connectivity index (χ0) is 8.85. The summed E-state index contributed by atoms with van der Waals surface area (Å²) < 4.78 is 0. The van der Waals surface area contributed by atoms with Crippen LogP contribution in [0.15, 0.2) is 0 Å². The molecule has 0 aliphatic rings. The van der Waals surface area contributed by atoms with Gasteiger partial charge in [0.15, 0.2) is 0 Å². The monoisotopic (exact) mass is 196 g/mol. The van der Waals surface area contributed by atoms with Gasteiger partial charge >= 0.3 is 0 Å². The quantitative estimate of drug-likeness (QED) is 0.456. The summed E-state index contributed by atoms with van der Waals surface area (Å²) in [4.78, 5) is 0. The molecule has 0 aliphatic heterocycles. The van der Waals surface area contributed by atoms with Gasteiger partial charge < -0.3 is 10.2 Å². The number of rotatable bonds is 5. The highest BCUT2D eigenvalue weighted by Crippen LogP contribution is 2.20. The van der Waals surface area contributed by atoms with Crippen LogP contribution in [0.25, 0.3) is 0 Å². The molecule has 0 radical (unpaired) electrons. The minimum Gasteiger partial charge on any atom is -0.392 e. The van der Waals surface area contributed by atoms with Gasteiger partial charge in [0.1, 0.15) is 5.44 Å². The predicted molar refractivity (Wildman–Crippen MR) is 53.2 cm³/mol. The molecule has 0 aromatic carbocycles. The lowest BCUT2D eigenvalue weighted by molar-refractivity contribution is 0.193. The van der Waals surface area contributed by atoms with Crippen molar-refractivity contribution in [1.82, 2.24) is 0 Å². The fourth-order valence-corrected chi connectivity index (χ4v) is 1.94. The molecular formula is C7H16O2S2. The molecule has 4 heteroatoms. The van der Waals surface area contributed by atoms with Crippen LogP contribution in [0.2, 0.25) is 0 Å². The number of hydrogen-bond acceptors (Lipinski definition) is 4. The minimum absolute atomic E-state index is 0.0879.